The van der Waals surface area contributed by atoms with Gasteiger partial charge in [-0.2, -0.15) is 9.50 Å². The van der Waals surface area contributed by atoms with Gasteiger partial charge in [0.15, 0.2) is 5.76 Å². The van der Waals surface area contributed by atoms with Gasteiger partial charge < -0.3 is 9.73 Å². The minimum Gasteiger partial charge on any atom is -0.461 e. The largest absolute Gasteiger partial charge is 0.461 e. The van der Waals surface area contributed by atoms with Gasteiger partial charge in [0.1, 0.15) is 5.82 Å². The second-order valence-corrected chi connectivity index (χ2v) is 5.85. The predicted octanol–water partition coefficient (Wildman–Crippen LogP) is 4.05. The van der Waals surface area contributed by atoms with Crippen molar-refractivity contribution < 1.29 is 4.42 Å². The van der Waals surface area contributed by atoms with Gasteiger partial charge in [-0.15, -0.1) is 5.10 Å². The van der Waals surface area contributed by atoms with E-state index in [2.05, 4.69) is 52.4 Å². The summed E-state index contributed by atoms with van der Waals surface area (Å²) in [6.45, 7) is 6.08. The Balaban J connectivity index is 1.84. The molecule has 0 atom stereocenters. The second kappa shape index (κ2) is 5.49. The molecule has 0 aliphatic heterocycles. The van der Waals surface area contributed by atoms with Crippen molar-refractivity contribution in [1.82, 2.24) is 19.6 Å². The maximum Gasteiger partial charge on any atom is 0.255 e. The Bertz CT molecular complexity index is 1020. The van der Waals surface area contributed by atoms with Gasteiger partial charge in [0.2, 0.25) is 5.82 Å². The van der Waals surface area contributed by atoms with Gasteiger partial charge in [-0.25, -0.2) is 4.98 Å². The normalized spacial score (nSPS) is 11.1. The van der Waals surface area contributed by atoms with Crippen LogP contribution < -0.4 is 5.32 Å². The number of anilines is 2. The fourth-order valence-electron chi connectivity index (χ4n) is 2.59. The maximum atomic E-state index is 5.39. The molecule has 0 radical (unpaired) electrons. The van der Waals surface area contributed by atoms with E-state index in [1.165, 1.54) is 5.56 Å². The Morgan fingerprint density at radius 3 is 2.71 bits per heavy atom. The van der Waals surface area contributed by atoms with Crippen LogP contribution in [0.15, 0.2) is 47.1 Å². The smallest absolute Gasteiger partial charge is 0.255 e. The SMILES string of the molecule is Cc1ccc(C)c(Nc2cc(C)nc3nc(-c4ccco4)nn23)c1. The van der Waals surface area contributed by atoms with Crippen molar-refractivity contribution in [3.05, 3.63) is 59.5 Å². The van der Waals surface area contributed by atoms with Crippen LogP contribution in [0.4, 0.5) is 11.5 Å². The van der Waals surface area contributed by atoms with Crippen LogP contribution in [0.5, 0.6) is 0 Å². The lowest BCUT2D eigenvalue weighted by atomic mass is 10.1. The van der Waals surface area contributed by atoms with E-state index in [1.807, 2.05) is 25.1 Å². The molecule has 0 fully saturated rings. The first-order chi connectivity index (χ1) is 11.6. The highest BCUT2D eigenvalue weighted by Crippen LogP contribution is 2.24. The van der Waals surface area contributed by atoms with Crippen LogP contribution in [0, 0.1) is 20.8 Å². The fourth-order valence-corrected chi connectivity index (χ4v) is 2.59. The lowest BCUT2D eigenvalue weighted by molar-refractivity contribution is 0.577. The molecular formula is C18H17N5O. The number of furan rings is 1. The van der Waals surface area contributed by atoms with Crippen molar-refractivity contribution in [2.45, 2.75) is 20.8 Å². The summed E-state index contributed by atoms with van der Waals surface area (Å²) < 4.78 is 7.09. The molecule has 4 rings (SSSR count). The Morgan fingerprint density at radius 2 is 1.92 bits per heavy atom. The minimum absolute atomic E-state index is 0.516. The van der Waals surface area contributed by atoms with Crippen molar-refractivity contribution >= 4 is 17.3 Å². The van der Waals surface area contributed by atoms with Crippen LogP contribution in [0.2, 0.25) is 0 Å². The molecular weight excluding hydrogens is 302 g/mol. The first kappa shape index (κ1) is 14.4. The molecule has 6 heteroatoms. The third-order valence-electron chi connectivity index (χ3n) is 3.84. The topological polar surface area (TPSA) is 68.2 Å². The molecule has 1 aromatic carbocycles. The van der Waals surface area contributed by atoms with E-state index >= 15 is 0 Å². The number of nitrogens with zero attached hydrogens (tertiary/aromatic N) is 4. The van der Waals surface area contributed by atoms with E-state index in [0.29, 0.717) is 17.4 Å². The summed E-state index contributed by atoms with van der Waals surface area (Å²) in [5.41, 5.74) is 4.26. The van der Waals surface area contributed by atoms with Crippen LogP contribution >= 0.6 is 0 Å². The van der Waals surface area contributed by atoms with E-state index in [9.17, 15) is 0 Å². The van der Waals surface area contributed by atoms with Crippen molar-refractivity contribution in [3.8, 4) is 11.6 Å². The summed E-state index contributed by atoms with van der Waals surface area (Å²) in [5.74, 6) is 2.49. The van der Waals surface area contributed by atoms with E-state index in [-0.39, 0.29) is 0 Å². The molecule has 0 spiro atoms. The van der Waals surface area contributed by atoms with Crippen LogP contribution in [0.1, 0.15) is 16.8 Å². The van der Waals surface area contributed by atoms with Gasteiger partial charge in [-0.3, -0.25) is 0 Å². The lowest BCUT2D eigenvalue weighted by Crippen LogP contribution is -2.03. The summed E-state index contributed by atoms with van der Waals surface area (Å²) in [6, 6.07) is 11.9. The molecule has 4 aromatic rings. The zero-order valence-corrected chi connectivity index (χ0v) is 13.7. The lowest BCUT2D eigenvalue weighted by Gasteiger charge is -2.11. The number of benzene rings is 1. The van der Waals surface area contributed by atoms with E-state index in [1.54, 1.807) is 10.8 Å². The summed E-state index contributed by atoms with van der Waals surface area (Å²) in [7, 11) is 0. The monoisotopic (exact) mass is 319 g/mol. The molecule has 0 unspecified atom stereocenters. The van der Waals surface area contributed by atoms with E-state index in [0.717, 1.165) is 22.8 Å². The quantitative estimate of drug-likeness (QED) is 0.617. The van der Waals surface area contributed by atoms with Gasteiger partial charge >= 0.3 is 0 Å². The van der Waals surface area contributed by atoms with Crippen molar-refractivity contribution in [2.75, 3.05) is 5.32 Å². The summed E-state index contributed by atoms with van der Waals surface area (Å²) >= 11 is 0. The molecule has 0 saturated heterocycles. The second-order valence-electron chi connectivity index (χ2n) is 5.85. The minimum atomic E-state index is 0.516. The number of aromatic nitrogens is 4. The zero-order valence-electron chi connectivity index (χ0n) is 13.7. The van der Waals surface area contributed by atoms with Crippen LogP contribution in [0.3, 0.4) is 0 Å². The molecule has 0 amide bonds. The average molecular weight is 319 g/mol. The molecule has 0 saturated carbocycles. The Labute approximate surface area is 139 Å². The van der Waals surface area contributed by atoms with Crippen molar-refractivity contribution in [2.24, 2.45) is 0 Å². The van der Waals surface area contributed by atoms with Crippen LogP contribution in [0.25, 0.3) is 17.4 Å². The highest BCUT2D eigenvalue weighted by molar-refractivity contribution is 5.64. The number of aryl methyl sites for hydroxylation is 3. The molecule has 1 N–H and O–H groups in total. The third kappa shape index (κ3) is 2.52. The molecule has 0 aliphatic rings. The van der Waals surface area contributed by atoms with Crippen LogP contribution in [-0.2, 0) is 0 Å². The van der Waals surface area contributed by atoms with Crippen LogP contribution in [-0.4, -0.2) is 19.6 Å². The molecule has 120 valence electrons. The first-order valence-electron chi connectivity index (χ1n) is 7.73. The molecule has 3 aromatic heterocycles. The average Bonchev–Trinajstić information content (AvgIpc) is 3.19. The Kier molecular flexibility index (Phi) is 3.30. The molecule has 6 nitrogen and oxygen atoms in total. The Hall–Kier alpha value is -3.15. The molecule has 0 bridgehead atoms. The zero-order chi connectivity index (χ0) is 16.7. The summed E-state index contributed by atoms with van der Waals surface area (Å²) in [6.07, 6.45) is 1.61. The van der Waals surface area contributed by atoms with Gasteiger partial charge in [0, 0.05) is 17.4 Å². The summed E-state index contributed by atoms with van der Waals surface area (Å²) in [5, 5.41) is 7.98. The van der Waals surface area contributed by atoms with Gasteiger partial charge in [-0.1, -0.05) is 12.1 Å². The molecule has 3 heterocycles. The molecule has 0 aliphatic carbocycles. The number of hydrogen-bond donors (Lipinski definition) is 1. The highest BCUT2D eigenvalue weighted by Gasteiger charge is 2.13. The standard InChI is InChI=1S/C18H17N5O/c1-11-6-7-12(2)14(9-11)20-16-10-13(3)19-18-21-17(22-23(16)18)15-5-4-8-24-15/h4-10,20H,1-3H3. The third-order valence-corrected chi connectivity index (χ3v) is 3.84. The van der Waals surface area contributed by atoms with Gasteiger partial charge in [-0.05, 0) is 50.1 Å². The highest BCUT2D eigenvalue weighted by atomic mass is 16.3. The van der Waals surface area contributed by atoms with E-state index in [4.69, 9.17) is 4.42 Å². The Morgan fingerprint density at radius 1 is 1.04 bits per heavy atom. The van der Waals surface area contributed by atoms with Gasteiger partial charge in [0.05, 0.1) is 6.26 Å². The van der Waals surface area contributed by atoms with Crippen molar-refractivity contribution in [3.63, 3.8) is 0 Å². The number of rotatable bonds is 3. The molecule has 24 heavy (non-hydrogen) atoms. The maximum absolute atomic E-state index is 5.39. The number of fused-ring (bicyclic) bond motifs is 1. The fraction of sp³-hybridized carbons (Fsp3) is 0.167. The number of nitrogens with one attached hydrogen (secondary N) is 1. The first-order valence-corrected chi connectivity index (χ1v) is 7.73. The summed E-state index contributed by atoms with van der Waals surface area (Å²) in [4.78, 5) is 8.92. The number of hydrogen-bond acceptors (Lipinski definition) is 5. The van der Waals surface area contributed by atoms with E-state index < -0.39 is 0 Å². The van der Waals surface area contributed by atoms with Crippen molar-refractivity contribution in [1.29, 1.82) is 0 Å². The predicted molar refractivity (Wildman–Crippen MR) is 92.4 cm³/mol. The van der Waals surface area contributed by atoms with Gasteiger partial charge in [0.25, 0.3) is 5.78 Å².